The Labute approximate surface area is 132 Å². The van der Waals surface area contributed by atoms with Crippen molar-refractivity contribution in [1.82, 2.24) is 10.6 Å². The van der Waals surface area contributed by atoms with Gasteiger partial charge in [0, 0.05) is 17.1 Å². The van der Waals surface area contributed by atoms with E-state index in [0.717, 1.165) is 25.7 Å². The van der Waals surface area contributed by atoms with Gasteiger partial charge in [-0.05, 0) is 25.0 Å². The number of urea groups is 1. The molecule has 1 fully saturated rings. The summed E-state index contributed by atoms with van der Waals surface area (Å²) in [7, 11) is 0. The van der Waals surface area contributed by atoms with E-state index >= 15 is 0 Å². The van der Waals surface area contributed by atoms with Crippen LogP contribution in [0.2, 0.25) is 10.0 Å². The number of rotatable bonds is 4. The summed E-state index contributed by atoms with van der Waals surface area (Å²) in [6, 6.07) is 4.36. The molecule has 1 aliphatic rings. The second kappa shape index (κ2) is 7.52. The van der Waals surface area contributed by atoms with Gasteiger partial charge in [-0.1, -0.05) is 36.0 Å². The highest BCUT2D eigenvalue weighted by molar-refractivity contribution is 6.34. The Morgan fingerprint density at radius 3 is 2.67 bits per heavy atom. The number of benzene rings is 1. The first-order chi connectivity index (χ1) is 10.0. The van der Waals surface area contributed by atoms with Crippen LogP contribution in [-0.4, -0.2) is 24.6 Å². The Morgan fingerprint density at radius 2 is 1.95 bits per heavy atom. The van der Waals surface area contributed by atoms with Gasteiger partial charge in [0.05, 0.1) is 5.02 Å². The van der Waals surface area contributed by atoms with E-state index < -0.39 is 11.9 Å². The molecule has 0 spiro atoms. The number of imide groups is 1. The minimum Gasteiger partial charge on any atom is -0.482 e. The smallest absolute Gasteiger partial charge is 0.321 e. The Balaban J connectivity index is 1.76. The standard InChI is InChI=1S/C14H16Cl2N2O3/c15-9-5-6-11(16)12(7-9)21-8-13(19)18-14(20)17-10-3-1-2-4-10/h5-7,10H,1-4,8H2,(H2,17,18,19,20). The molecule has 0 radical (unpaired) electrons. The van der Waals surface area contributed by atoms with Crippen LogP contribution in [0.5, 0.6) is 5.75 Å². The van der Waals surface area contributed by atoms with Gasteiger partial charge in [0.25, 0.3) is 5.91 Å². The van der Waals surface area contributed by atoms with E-state index in [1.807, 2.05) is 0 Å². The second-order valence-corrected chi connectivity index (χ2v) is 5.71. The molecule has 1 aliphatic carbocycles. The van der Waals surface area contributed by atoms with Crippen LogP contribution in [0, 0.1) is 0 Å². The topological polar surface area (TPSA) is 67.4 Å². The molecule has 2 rings (SSSR count). The highest BCUT2D eigenvalue weighted by atomic mass is 35.5. The fraction of sp³-hybridized carbons (Fsp3) is 0.429. The average molecular weight is 331 g/mol. The third kappa shape index (κ3) is 5.10. The van der Waals surface area contributed by atoms with Crippen LogP contribution < -0.4 is 15.4 Å². The maximum Gasteiger partial charge on any atom is 0.321 e. The number of hydrogen-bond acceptors (Lipinski definition) is 3. The summed E-state index contributed by atoms with van der Waals surface area (Å²) >= 11 is 11.7. The maximum absolute atomic E-state index is 11.6. The SMILES string of the molecule is O=C(COc1cc(Cl)ccc1Cl)NC(=O)NC1CCCC1. The van der Waals surface area contributed by atoms with E-state index in [1.165, 1.54) is 6.07 Å². The van der Waals surface area contributed by atoms with Gasteiger partial charge in [-0.15, -0.1) is 0 Å². The Kier molecular flexibility index (Phi) is 5.70. The first-order valence-corrected chi connectivity index (χ1v) is 7.48. The molecule has 2 N–H and O–H groups in total. The summed E-state index contributed by atoms with van der Waals surface area (Å²) in [5.41, 5.74) is 0. The van der Waals surface area contributed by atoms with Crippen molar-refractivity contribution in [3.8, 4) is 5.75 Å². The number of ether oxygens (including phenoxy) is 1. The van der Waals surface area contributed by atoms with Crippen molar-refractivity contribution in [2.24, 2.45) is 0 Å². The number of hydrogen-bond donors (Lipinski definition) is 2. The Morgan fingerprint density at radius 1 is 1.24 bits per heavy atom. The molecule has 21 heavy (non-hydrogen) atoms. The Hall–Kier alpha value is -1.46. The lowest BCUT2D eigenvalue weighted by atomic mass is 10.2. The molecule has 0 aliphatic heterocycles. The van der Waals surface area contributed by atoms with Gasteiger partial charge < -0.3 is 10.1 Å². The fourth-order valence-electron chi connectivity index (χ4n) is 2.19. The zero-order chi connectivity index (χ0) is 15.2. The summed E-state index contributed by atoms with van der Waals surface area (Å²) in [5.74, 6) is -0.239. The number of amides is 3. The van der Waals surface area contributed by atoms with E-state index in [9.17, 15) is 9.59 Å². The molecule has 0 bridgehead atoms. The first-order valence-electron chi connectivity index (χ1n) is 6.73. The molecule has 3 amide bonds. The minimum absolute atomic E-state index is 0.154. The predicted octanol–water partition coefficient (Wildman–Crippen LogP) is 3.14. The van der Waals surface area contributed by atoms with Crippen molar-refractivity contribution in [3.63, 3.8) is 0 Å². The molecule has 1 aromatic rings. The number of nitrogens with one attached hydrogen (secondary N) is 2. The molecule has 0 heterocycles. The van der Waals surface area contributed by atoms with Gasteiger partial charge >= 0.3 is 6.03 Å². The molecule has 0 atom stereocenters. The average Bonchev–Trinajstić information content (AvgIpc) is 2.92. The third-order valence-corrected chi connectivity index (χ3v) is 3.74. The summed E-state index contributed by atoms with van der Waals surface area (Å²) in [6.07, 6.45) is 4.12. The third-order valence-electron chi connectivity index (χ3n) is 3.20. The highest BCUT2D eigenvalue weighted by Gasteiger charge is 2.18. The van der Waals surface area contributed by atoms with Crippen LogP contribution in [0.3, 0.4) is 0 Å². The molecule has 114 valence electrons. The van der Waals surface area contributed by atoms with Crippen LogP contribution in [-0.2, 0) is 4.79 Å². The van der Waals surface area contributed by atoms with Gasteiger partial charge in [-0.25, -0.2) is 4.79 Å². The van der Waals surface area contributed by atoms with Crippen molar-refractivity contribution in [2.45, 2.75) is 31.7 Å². The van der Waals surface area contributed by atoms with Crippen molar-refractivity contribution >= 4 is 35.1 Å². The molecule has 0 saturated heterocycles. The summed E-state index contributed by atoms with van der Waals surface area (Å²) in [4.78, 5) is 23.2. The highest BCUT2D eigenvalue weighted by Crippen LogP contribution is 2.27. The van der Waals surface area contributed by atoms with Crippen molar-refractivity contribution in [2.75, 3.05) is 6.61 Å². The van der Waals surface area contributed by atoms with Crippen molar-refractivity contribution < 1.29 is 14.3 Å². The van der Waals surface area contributed by atoms with E-state index in [4.69, 9.17) is 27.9 Å². The predicted molar refractivity (Wildman–Crippen MR) is 80.9 cm³/mol. The van der Waals surface area contributed by atoms with Crippen LogP contribution in [0.4, 0.5) is 4.79 Å². The van der Waals surface area contributed by atoms with Gasteiger partial charge in [0.15, 0.2) is 6.61 Å². The summed E-state index contributed by atoms with van der Waals surface area (Å²) in [5, 5.41) is 5.78. The lowest BCUT2D eigenvalue weighted by Crippen LogP contribution is -2.45. The molecule has 0 aromatic heterocycles. The number of carbonyl (C=O) groups excluding carboxylic acids is 2. The maximum atomic E-state index is 11.6. The number of halogens is 2. The molecule has 1 saturated carbocycles. The first kappa shape index (κ1) is 15.9. The molecule has 5 nitrogen and oxygen atoms in total. The fourth-order valence-corrected chi connectivity index (χ4v) is 2.52. The molecular weight excluding hydrogens is 315 g/mol. The van der Waals surface area contributed by atoms with E-state index in [0.29, 0.717) is 15.8 Å². The van der Waals surface area contributed by atoms with Gasteiger partial charge in [0.1, 0.15) is 5.75 Å². The largest absolute Gasteiger partial charge is 0.482 e. The van der Waals surface area contributed by atoms with Crippen molar-refractivity contribution in [3.05, 3.63) is 28.2 Å². The van der Waals surface area contributed by atoms with Crippen molar-refractivity contribution in [1.29, 1.82) is 0 Å². The van der Waals surface area contributed by atoms with Crippen LogP contribution in [0.25, 0.3) is 0 Å². The zero-order valence-electron chi connectivity index (χ0n) is 11.3. The van der Waals surface area contributed by atoms with E-state index in [1.54, 1.807) is 12.1 Å². The number of carbonyl (C=O) groups is 2. The quantitative estimate of drug-likeness (QED) is 0.891. The van der Waals surface area contributed by atoms with Crippen LogP contribution >= 0.6 is 23.2 Å². The van der Waals surface area contributed by atoms with Gasteiger partial charge in [-0.3, -0.25) is 10.1 Å². The molecule has 7 heteroatoms. The summed E-state index contributed by atoms with van der Waals surface area (Å²) < 4.78 is 5.24. The second-order valence-electron chi connectivity index (χ2n) is 4.87. The monoisotopic (exact) mass is 330 g/mol. The lowest BCUT2D eigenvalue weighted by Gasteiger charge is -2.12. The van der Waals surface area contributed by atoms with Crippen LogP contribution in [0.15, 0.2) is 18.2 Å². The summed E-state index contributed by atoms with van der Waals surface area (Å²) in [6.45, 7) is -0.307. The molecule has 0 unspecified atom stereocenters. The van der Waals surface area contributed by atoms with E-state index in [-0.39, 0.29) is 12.6 Å². The van der Waals surface area contributed by atoms with Gasteiger partial charge in [0.2, 0.25) is 0 Å². The van der Waals surface area contributed by atoms with Gasteiger partial charge in [-0.2, -0.15) is 0 Å². The normalized spacial score (nSPS) is 14.8. The minimum atomic E-state index is -0.540. The van der Waals surface area contributed by atoms with Crippen LogP contribution in [0.1, 0.15) is 25.7 Å². The lowest BCUT2D eigenvalue weighted by molar-refractivity contribution is -0.122. The molecule has 1 aromatic carbocycles. The van der Waals surface area contributed by atoms with E-state index in [2.05, 4.69) is 10.6 Å². The zero-order valence-corrected chi connectivity index (χ0v) is 12.8. The Bertz CT molecular complexity index is 531. The molecular formula is C14H16Cl2N2O3.